The Bertz CT molecular complexity index is 711. The maximum atomic E-state index is 2.74. The maximum absolute atomic E-state index is 2.74. The van der Waals surface area contributed by atoms with Gasteiger partial charge in [-0.15, -0.1) is 0 Å². The number of rotatable bonds is 1. The van der Waals surface area contributed by atoms with Gasteiger partial charge in [-0.1, -0.05) is 36.4 Å². The quantitative estimate of drug-likeness (QED) is 0.728. The van der Waals surface area contributed by atoms with E-state index in [2.05, 4.69) is 64.4 Å². The molecule has 0 saturated carbocycles. The molecule has 3 unspecified atom stereocenters. The molecule has 0 N–H and O–H groups in total. The van der Waals surface area contributed by atoms with Crippen LogP contribution in [0.2, 0.25) is 0 Å². The van der Waals surface area contributed by atoms with E-state index in [1.165, 1.54) is 56.6 Å². The van der Waals surface area contributed by atoms with Gasteiger partial charge < -0.3 is 9.80 Å². The summed E-state index contributed by atoms with van der Waals surface area (Å²) in [6.07, 6.45) is 6.83. The molecule has 24 heavy (non-hydrogen) atoms. The molecule has 0 radical (unpaired) electrons. The van der Waals surface area contributed by atoms with Crippen molar-refractivity contribution < 1.29 is 0 Å². The number of para-hydroxylation sites is 2. The molecule has 0 aliphatic carbocycles. The Kier molecular flexibility index (Phi) is 3.50. The molecular formula is C22H26N2. The van der Waals surface area contributed by atoms with E-state index in [0.29, 0.717) is 6.04 Å². The number of nitrogens with zero attached hydrogens (tertiary/aromatic N) is 2. The van der Waals surface area contributed by atoms with Crippen molar-refractivity contribution in [3.05, 3.63) is 60.2 Å². The number of piperidine rings is 2. The van der Waals surface area contributed by atoms with Crippen molar-refractivity contribution in [2.45, 2.75) is 44.2 Å². The summed E-state index contributed by atoms with van der Waals surface area (Å²) in [5.74, 6) is 0.772. The largest absolute Gasteiger partial charge is 0.368 e. The molecule has 5 rings (SSSR count). The highest BCUT2D eigenvalue weighted by molar-refractivity contribution is 5.63. The molecule has 0 aromatic heterocycles. The van der Waals surface area contributed by atoms with Crippen molar-refractivity contribution >= 4 is 11.4 Å². The van der Waals surface area contributed by atoms with Gasteiger partial charge in [0.05, 0.1) is 6.04 Å². The predicted molar refractivity (Wildman–Crippen MR) is 101 cm³/mol. The van der Waals surface area contributed by atoms with E-state index in [1.54, 1.807) is 5.56 Å². The maximum Gasteiger partial charge on any atom is 0.0610 e. The highest BCUT2D eigenvalue weighted by atomic mass is 15.2. The Morgan fingerprint density at radius 2 is 1.50 bits per heavy atom. The lowest BCUT2D eigenvalue weighted by Gasteiger charge is -2.55. The molecule has 3 heterocycles. The van der Waals surface area contributed by atoms with Crippen LogP contribution in [0.15, 0.2) is 54.6 Å². The highest BCUT2D eigenvalue weighted by Crippen LogP contribution is 2.51. The van der Waals surface area contributed by atoms with Gasteiger partial charge in [0.25, 0.3) is 0 Å². The van der Waals surface area contributed by atoms with Crippen LogP contribution in [-0.2, 0) is 0 Å². The van der Waals surface area contributed by atoms with Crippen LogP contribution < -0.4 is 9.80 Å². The fourth-order valence-electron chi connectivity index (χ4n) is 5.44. The third-order valence-corrected chi connectivity index (χ3v) is 6.37. The first kappa shape index (κ1) is 14.4. The van der Waals surface area contributed by atoms with Crippen LogP contribution in [0.4, 0.5) is 11.4 Å². The fraction of sp³-hybridized carbons (Fsp3) is 0.455. The molecule has 2 heteroatoms. The standard InChI is InChI=1S/C22H26N2/c1-2-9-17(10-3-1)23-16-8-12-19-21-14-6-7-15-24(21)20-13-5-4-11-18(20)22(19)23/h1-5,9-11,13,19,21-22H,6-8,12,14-16H2. The van der Waals surface area contributed by atoms with Crippen LogP contribution in [0.1, 0.15) is 43.7 Å². The van der Waals surface area contributed by atoms with E-state index >= 15 is 0 Å². The van der Waals surface area contributed by atoms with Gasteiger partial charge in [0.2, 0.25) is 0 Å². The lowest BCUT2D eigenvalue weighted by Crippen LogP contribution is -2.55. The van der Waals surface area contributed by atoms with E-state index in [0.717, 1.165) is 12.0 Å². The predicted octanol–water partition coefficient (Wildman–Crippen LogP) is 5.02. The molecule has 3 atom stereocenters. The van der Waals surface area contributed by atoms with Gasteiger partial charge in [-0.05, 0) is 55.9 Å². The fourth-order valence-corrected chi connectivity index (χ4v) is 5.44. The molecule has 2 fully saturated rings. The number of anilines is 2. The zero-order valence-electron chi connectivity index (χ0n) is 14.3. The lowest BCUT2D eigenvalue weighted by molar-refractivity contribution is 0.227. The Hall–Kier alpha value is -1.96. The Labute approximate surface area is 145 Å². The van der Waals surface area contributed by atoms with Gasteiger partial charge in [-0.2, -0.15) is 0 Å². The van der Waals surface area contributed by atoms with Gasteiger partial charge in [0, 0.05) is 36.4 Å². The Morgan fingerprint density at radius 3 is 2.42 bits per heavy atom. The number of benzene rings is 2. The Morgan fingerprint density at radius 1 is 0.708 bits per heavy atom. The zero-order valence-corrected chi connectivity index (χ0v) is 14.3. The second-order valence-corrected chi connectivity index (χ2v) is 7.60. The molecule has 2 nitrogen and oxygen atoms in total. The van der Waals surface area contributed by atoms with Crippen LogP contribution in [0, 0.1) is 5.92 Å². The van der Waals surface area contributed by atoms with E-state index in [1.807, 2.05) is 0 Å². The van der Waals surface area contributed by atoms with Gasteiger partial charge >= 0.3 is 0 Å². The third-order valence-electron chi connectivity index (χ3n) is 6.37. The van der Waals surface area contributed by atoms with E-state index in [-0.39, 0.29) is 0 Å². The molecular weight excluding hydrogens is 292 g/mol. The second kappa shape index (κ2) is 5.84. The van der Waals surface area contributed by atoms with E-state index < -0.39 is 0 Å². The molecule has 0 amide bonds. The number of hydrogen-bond donors (Lipinski definition) is 0. The van der Waals surface area contributed by atoms with Crippen LogP contribution >= 0.6 is 0 Å². The topological polar surface area (TPSA) is 6.48 Å². The SMILES string of the molecule is c1ccc(N2CCCC3C4CCCCN4c4ccccc4C32)cc1. The second-order valence-electron chi connectivity index (χ2n) is 7.60. The molecule has 3 aliphatic heterocycles. The summed E-state index contributed by atoms with van der Waals surface area (Å²) in [6, 6.07) is 21.6. The first-order valence-corrected chi connectivity index (χ1v) is 9.61. The van der Waals surface area contributed by atoms with Crippen molar-refractivity contribution in [1.82, 2.24) is 0 Å². The average Bonchev–Trinajstić information content (AvgIpc) is 2.68. The van der Waals surface area contributed by atoms with Crippen LogP contribution in [0.3, 0.4) is 0 Å². The summed E-state index contributed by atoms with van der Waals surface area (Å²) in [6.45, 7) is 2.43. The van der Waals surface area contributed by atoms with Crippen molar-refractivity contribution in [3.8, 4) is 0 Å². The molecule has 124 valence electrons. The third kappa shape index (κ3) is 2.16. The summed E-state index contributed by atoms with van der Waals surface area (Å²) in [4.78, 5) is 5.44. The minimum Gasteiger partial charge on any atom is -0.368 e. The zero-order chi connectivity index (χ0) is 15.9. The smallest absolute Gasteiger partial charge is 0.0610 e. The lowest BCUT2D eigenvalue weighted by atomic mass is 9.72. The van der Waals surface area contributed by atoms with Crippen molar-refractivity contribution in [2.24, 2.45) is 5.92 Å². The minimum absolute atomic E-state index is 0.552. The van der Waals surface area contributed by atoms with Gasteiger partial charge in [-0.3, -0.25) is 0 Å². The summed E-state index contributed by atoms with van der Waals surface area (Å²) in [7, 11) is 0. The van der Waals surface area contributed by atoms with Gasteiger partial charge in [0.1, 0.15) is 0 Å². The number of hydrogen-bond acceptors (Lipinski definition) is 2. The van der Waals surface area contributed by atoms with Crippen LogP contribution in [0.5, 0.6) is 0 Å². The summed E-state index contributed by atoms with van der Waals surface area (Å²) in [5, 5.41) is 0. The van der Waals surface area contributed by atoms with Crippen molar-refractivity contribution in [2.75, 3.05) is 22.9 Å². The molecule has 0 spiro atoms. The molecule has 2 aromatic rings. The minimum atomic E-state index is 0.552. The summed E-state index contributed by atoms with van der Waals surface area (Å²) >= 11 is 0. The van der Waals surface area contributed by atoms with Crippen molar-refractivity contribution in [1.29, 1.82) is 0 Å². The normalized spacial score (nSPS) is 28.8. The van der Waals surface area contributed by atoms with Crippen molar-refractivity contribution in [3.63, 3.8) is 0 Å². The van der Waals surface area contributed by atoms with Crippen LogP contribution in [-0.4, -0.2) is 19.1 Å². The first-order valence-electron chi connectivity index (χ1n) is 9.61. The van der Waals surface area contributed by atoms with Crippen LogP contribution in [0.25, 0.3) is 0 Å². The average molecular weight is 318 g/mol. The highest BCUT2D eigenvalue weighted by Gasteiger charge is 2.45. The summed E-state index contributed by atoms with van der Waals surface area (Å²) < 4.78 is 0. The molecule has 3 aliphatic rings. The number of fused-ring (bicyclic) bond motifs is 6. The molecule has 0 bridgehead atoms. The van der Waals surface area contributed by atoms with Gasteiger partial charge in [-0.25, -0.2) is 0 Å². The Balaban J connectivity index is 1.64. The van der Waals surface area contributed by atoms with E-state index in [9.17, 15) is 0 Å². The van der Waals surface area contributed by atoms with Gasteiger partial charge in [0.15, 0.2) is 0 Å². The first-order chi connectivity index (χ1) is 11.9. The molecule has 2 saturated heterocycles. The summed E-state index contributed by atoms with van der Waals surface area (Å²) in [5.41, 5.74) is 4.46. The monoisotopic (exact) mass is 318 g/mol. The molecule has 2 aromatic carbocycles. The van der Waals surface area contributed by atoms with E-state index in [4.69, 9.17) is 0 Å².